The number of anilines is 2. The monoisotopic (exact) mass is 835 g/mol. The number of fused-ring (bicyclic) bond motifs is 5. The van der Waals surface area contributed by atoms with Gasteiger partial charge in [-0.1, -0.05) is 58.0 Å². The molecular weight excluding hydrogens is 783 g/mol. The molecule has 16 heteroatoms. The van der Waals surface area contributed by atoms with Crippen molar-refractivity contribution in [1.29, 1.82) is 0 Å². The van der Waals surface area contributed by atoms with Crippen LogP contribution in [0.25, 0.3) is 22.2 Å². The quantitative estimate of drug-likeness (QED) is 0.143. The third-order valence-electron chi connectivity index (χ3n) is 11.6. The average molecular weight is 836 g/mol. The molecule has 2 fully saturated rings. The molecule has 3 aliphatic heterocycles. The fraction of sp³-hybridized carbons (Fsp3) is 0.422. The number of ether oxygens (including phenoxy) is 3. The lowest BCUT2D eigenvalue weighted by atomic mass is 10.0. The number of methoxy groups -OCH3 is 2. The van der Waals surface area contributed by atoms with Gasteiger partial charge >= 0.3 is 12.2 Å². The van der Waals surface area contributed by atoms with Gasteiger partial charge in [-0.15, -0.1) is 0 Å². The Bertz CT molecular complexity index is 2330. The van der Waals surface area contributed by atoms with Crippen LogP contribution in [0, 0.1) is 11.8 Å². The summed E-state index contributed by atoms with van der Waals surface area (Å²) in [5, 5.41) is 12.1. The van der Waals surface area contributed by atoms with E-state index in [2.05, 4.69) is 25.8 Å². The smallest absolute Gasteiger partial charge is 0.407 e. The van der Waals surface area contributed by atoms with Crippen LogP contribution in [0.2, 0.25) is 0 Å². The molecule has 0 radical (unpaired) electrons. The summed E-state index contributed by atoms with van der Waals surface area (Å²) in [5.41, 5.74) is 4.47. The van der Waals surface area contributed by atoms with Gasteiger partial charge in [-0.05, 0) is 73.9 Å². The van der Waals surface area contributed by atoms with E-state index in [0.29, 0.717) is 55.9 Å². The predicted octanol–water partition coefficient (Wildman–Crippen LogP) is 5.87. The second kappa shape index (κ2) is 18.0. The van der Waals surface area contributed by atoms with Crippen molar-refractivity contribution in [2.75, 3.05) is 37.9 Å². The first kappa shape index (κ1) is 42.5. The number of hydrogen-bond donors (Lipinski definition) is 4. The third kappa shape index (κ3) is 8.70. The highest BCUT2D eigenvalue weighted by molar-refractivity contribution is 6.02. The molecule has 7 rings (SSSR count). The van der Waals surface area contributed by atoms with Crippen molar-refractivity contribution in [3.63, 3.8) is 0 Å². The fourth-order valence-corrected chi connectivity index (χ4v) is 8.50. The van der Waals surface area contributed by atoms with E-state index in [1.54, 1.807) is 12.1 Å². The van der Waals surface area contributed by atoms with E-state index in [1.807, 2.05) is 88.4 Å². The minimum absolute atomic E-state index is 0.222. The molecule has 2 unspecified atom stereocenters. The van der Waals surface area contributed by atoms with E-state index < -0.39 is 42.6 Å². The predicted molar refractivity (Wildman–Crippen MR) is 228 cm³/mol. The minimum Gasteiger partial charge on any atom is -0.465 e. The molecule has 0 saturated carbocycles. The molecule has 16 nitrogen and oxygen atoms in total. The number of aromatic nitrogens is 1. The maximum atomic E-state index is 13.8. The highest BCUT2D eigenvalue weighted by atomic mass is 16.5. The van der Waals surface area contributed by atoms with Crippen molar-refractivity contribution in [1.82, 2.24) is 25.0 Å². The largest absolute Gasteiger partial charge is 0.465 e. The van der Waals surface area contributed by atoms with E-state index >= 15 is 0 Å². The van der Waals surface area contributed by atoms with E-state index in [4.69, 9.17) is 14.2 Å². The van der Waals surface area contributed by atoms with Crippen LogP contribution in [0.1, 0.15) is 65.2 Å². The zero-order valence-electron chi connectivity index (χ0n) is 35.2. The fourth-order valence-electron chi connectivity index (χ4n) is 8.50. The van der Waals surface area contributed by atoms with Gasteiger partial charge in [-0.3, -0.25) is 19.2 Å². The Hall–Kier alpha value is -6.58. The lowest BCUT2D eigenvalue weighted by Crippen LogP contribution is -2.54. The summed E-state index contributed by atoms with van der Waals surface area (Å²) in [4.78, 5) is 81.9. The van der Waals surface area contributed by atoms with Crippen LogP contribution >= 0.6 is 0 Å². The van der Waals surface area contributed by atoms with Gasteiger partial charge in [0, 0.05) is 47.0 Å². The van der Waals surface area contributed by atoms with Crippen LogP contribution in [0.15, 0.2) is 72.8 Å². The molecule has 61 heavy (non-hydrogen) atoms. The Morgan fingerprint density at radius 1 is 0.672 bits per heavy atom. The summed E-state index contributed by atoms with van der Waals surface area (Å²) < 4.78 is 18.3. The molecule has 322 valence electrons. The van der Waals surface area contributed by atoms with Gasteiger partial charge in [0.05, 0.1) is 25.4 Å². The maximum absolute atomic E-state index is 13.8. The average Bonchev–Trinajstić information content (AvgIpc) is 4.03. The van der Waals surface area contributed by atoms with Crippen LogP contribution in [0.3, 0.4) is 0 Å². The molecule has 3 aromatic carbocycles. The van der Waals surface area contributed by atoms with Crippen molar-refractivity contribution in [2.24, 2.45) is 11.8 Å². The topological polar surface area (TPSA) is 190 Å². The first-order chi connectivity index (χ1) is 29.3. The van der Waals surface area contributed by atoms with Crippen molar-refractivity contribution >= 4 is 58.1 Å². The van der Waals surface area contributed by atoms with Crippen LogP contribution in [0.5, 0.6) is 5.75 Å². The molecule has 1 aromatic heterocycles. The van der Waals surface area contributed by atoms with E-state index in [1.165, 1.54) is 24.0 Å². The van der Waals surface area contributed by atoms with Gasteiger partial charge in [0.25, 0.3) is 0 Å². The molecule has 0 aliphatic carbocycles. The molecule has 6 amide bonds. The standard InChI is InChI=1S/C45H53N7O9/c1-25(2)37(48-44(57)59-5)41(55)50-20-10-14-33(50)39(53)46-29-17-19-32-28(22-29)23-35-31-18-16-30(24-36(31)61-43(52(32)35)27-12-8-7-9-13-27)47-40(54)34-15-11-21-51(34)42(56)38(26(3)4)49-45(58)60-6/h7-9,12-13,16-19,22-26,33-34,37-38,43H,10-11,14-15,20-21H2,1-6H3,(H,46,53)(H,47,54)(H,48,57)(H,49,58)/t33-,34-,37?,38-,43?/m0/s1. The summed E-state index contributed by atoms with van der Waals surface area (Å²) in [6.07, 6.45) is 0.263. The van der Waals surface area contributed by atoms with Crippen LogP contribution in [-0.2, 0) is 28.7 Å². The summed E-state index contributed by atoms with van der Waals surface area (Å²) in [5.74, 6) is -1.23. The highest BCUT2D eigenvalue weighted by Crippen LogP contribution is 2.45. The van der Waals surface area contributed by atoms with Crippen LogP contribution in [-0.4, -0.2) is 102 Å². The van der Waals surface area contributed by atoms with Crippen molar-refractivity contribution in [3.8, 4) is 17.0 Å². The second-order valence-electron chi connectivity index (χ2n) is 16.3. The van der Waals surface area contributed by atoms with E-state index in [0.717, 1.165) is 27.7 Å². The second-order valence-corrected chi connectivity index (χ2v) is 16.3. The van der Waals surface area contributed by atoms with Crippen molar-refractivity contribution in [3.05, 3.63) is 78.4 Å². The number of nitrogens with one attached hydrogen (secondary N) is 4. The number of rotatable bonds is 11. The Morgan fingerprint density at radius 3 is 1.72 bits per heavy atom. The van der Waals surface area contributed by atoms with Gasteiger partial charge in [-0.25, -0.2) is 9.59 Å². The summed E-state index contributed by atoms with van der Waals surface area (Å²) >= 11 is 0. The molecule has 4 heterocycles. The number of alkyl carbamates (subject to hydrolysis) is 2. The molecule has 4 aromatic rings. The lowest BCUT2D eigenvalue weighted by molar-refractivity contribution is -0.139. The number of carbonyl (C=O) groups excluding carboxylic acids is 6. The number of hydrogen-bond acceptors (Lipinski definition) is 9. The van der Waals surface area contributed by atoms with Crippen molar-refractivity contribution in [2.45, 2.75) is 83.8 Å². The van der Waals surface area contributed by atoms with Gasteiger partial charge < -0.3 is 49.8 Å². The van der Waals surface area contributed by atoms with Gasteiger partial charge in [0.2, 0.25) is 29.9 Å². The van der Waals surface area contributed by atoms with Gasteiger partial charge in [0.15, 0.2) is 0 Å². The minimum atomic E-state index is -0.846. The summed E-state index contributed by atoms with van der Waals surface area (Å²) in [6, 6.07) is 19.8. The SMILES string of the molecule is COC(=O)NC(C(=O)N1CCC[C@H]1C(=O)Nc1ccc2c(c1)cc1n2C(c2ccccc2)Oc2cc(NC(=O)[C@@H]3CCCN3C(=O)[C@@H](NC(=O)OC)C(C)C)ccc2-1)C(C)C. The number of nitrogens with zero attached hydrogens (tertiary/aromatic N) is 3. The molecular formula is C45H53N7O9. The summed E-state index contributed by atoms with van der Waals surface area (Å²) in [7, 11) is 2.48. The zero-order chi connectivity index (χ0) is 43.5. The van der Waals surface area contributed by atoms with E-state index in [9.17, 15) is 28.8 Å². The molecule has 0 bridgehead atoms. The van der Waals surface area contributed by atoms with Gasteiger partial charge in [-0.2, -0.15) is 0 Å². The third-order valence-corrected chi connectivity index (χ3v) is 11.6. The van der Waals surface area contributed by atoms with Crippen LogP contribution < -0.4 is 26.0 Å². The van der Waals surface area contributed by atoms with Gasteiger partial charge in [0.1, 0.15) is 29.9 Å². The Morgan fingerprint density at radius 2 is 1.20 bits per heavy atom. The van der Waals surface area contributed by atoms with Crippen molar-refractivity contribution < 1.29 is 43.0 Å². The number of amides is 6. The molecule has 2 saturated heterocycles. The van der Waals surface area contributed by atoms with Crippen LogP contribution in [0.4, 0.5) is 21.0 Å². The summed E-state index contributed by atoms with van der Waals surface area (Å²) in [6.45, 7) is 8.08. The lowest BCUT2D eigenvalue weighted by Gasteiger charge is -2.31. The Kier molecular flexibility index (Phi) is 12.5. The molecule has 3 aliphatic rings. The van der Waals surface area contributed by atoms with E-state index in [-0.39, 0.29) is 35.5 Å². The number of carbonyl (C=O) groups is 6. The first-order valence-corrected chi connectivity index (χ1v) is 20.7. The first-order valence-electron chi connectivity index (χ1n) is 20.7. The highest BCUT2D eigenvalue weighted by Gasteiger charge is 2.41. The molecule has 4 N–H and O–H groups in total. The number of benzene rings is 3. The maximum Gasteiger partial charge on any atom is 0.407 e. The molecule has 0 spiro atoms. The molecule has 5 atom stereocenters. The zero-order valence-corrected chi connectivity index (χ0v) is 35.2. The normalized spacial score (nSPS) is 19.0. The number of likely N-dealkylation sites (tertiary alicyclic amines) is 2. The Balaban J connectivity index is 1.13. The Labute approximate surface area is 354 Å².